The fraction of sp³-hybridized carbons (Fsp3) is 0.0500. The Bertz CT molecular complexity index is 916. The van der Waals surface area contributed by atoms with Crippen LogP contribution < -0.4 is 4.74 Å². The molecule has 3 aromatic carbocycles. The zero-order valence-electron chi connectivity index (χ0n) is 12.8. The maximum atomic E-state index is 10.9. The Morgan fingerprint density at radius 3 is 2.58 bits per heavy atom. The van der Waals surface area contributed by atoms with Gasteiger partial charge in [0.15, 0.2) is 0 Å². The highest BCUT2D eigenvalue weighted by Crippen LogP contribution is 2.30. The summed E-state index contributed by atoms with van der Waals surface area (Å²) in [6.45, 7) is 0.311. The summed E-state index contributed by atoms with van der Waals surface area (Å²) < 4.78 is 5.92. The van der Waals surface area contributed by atoms with Crippen LogP contribution in [-0.2, 0) is 11.4 Å². The van der Waals surface area contributed by atoms with Crippen LogP contribution in [-0.4, -0.2) is 11.1 Å². The Morgan fingerprint density at radius 1 is 1.04 bits per heavy atom. The van der Waals surface area contributed by atoms with Crippen molar-refractivity contribution in [1.29, 1.82) is 0 Å². The third kappa shape index (κ3) is 3.58. The van der Waals surface area contributed by atoms with Crippen molar-refractivity contribution in [2.75, 3.05) is 0 Å². The molecule has 0 bridgehead atoms. The van der Waals surface area contributed by atoms with Crippen molar-refractivity contribution in [3.63, 3.8) is 0 Å². The van der Waals surface area contributed by atoms with Gasteiger partial charge >= 0.3 is 5.97 Å². The normalized spacial score (nSPS) is 11.0. The van der Waals surface area contributed by atoms with Crippen LogP contribution in [0.3, 0.4) is 0 Å². The smallest absolute Gasteiger partial charge is 0.328 e. The fourth-order valence-corrected chi connectivity index (χ4v) is 2.69. The average molecular weight is 339 g/mol. The first kappa shape index (κ1) is 16.1. The van der Waals surface area contributed by atoms with E-state index in [1.54, 1.807) is 6.08 Å². The van der Waals surface area contributed by atoms with Crippen LogP contribution in [0.2, 0.25) is 5.02 Å². The summed E-state index contributed by atoms with van der Waals surface area (Å²) in [4.78, 5) is 10.9. The minimum absolute atomic E-state index is 0.311. The SMILES string of the molecule is O=C(O)C=Cc1c(OCc2ccccc2Cl)ccc2ccccc12. The van der Waals surface area contributed by atoms with Gasteiger partial charge in [-0.3, -0.25) is 0 Å². The van der Waals surface area contributed by atoms with E-state index >= 15 is 0 Å². The first-order chi connectivity index (χ1) is 11.6. The zero-order valence-corrected chi connectivity index (χ0v) is 13.5. The van der Waals surface area contributed by atoms with Crippen molar-refractivity contribution < 1.29 is 14.6 Å². The summed E-state index contributed by atoms with van der Waals surface area (Å²) in [7, 11) is 0. The van der Waals surface area contributed by atoms with E-state index in [4.69, 9.17) is 21.4 Å². The van der Waals surface area contributed by atoms with E-state index in [0.29, 0.717) is 17.4 Å². The number of carboxylic acid groups (broad SMARTS) is 1. The molecule has 3 nitrogen and oxygen atoms in total. The van der Waals surface area contributed by atoms with E-state index in [1.165, 1.54) is 0 Å². The molecule has 4 heteroatoms. The second-order valence-electron chi connectivity index (χ2n) is 5.25. The molecule has 0 saturated heterocycles. The molecule has 0 saturated carbocycles. The molecule has 0 fully saturated rings. The molecule has 0 unspecified atom stereocenters. The van der Waals surface area contributed by atoms with E-state index < -0.39 is 5.97 Å². The molecule has 0 aliphatic carbocycles. The lowest BCUT2D eigenvalue weighted by Crippen LogP contribution is -1.98. The van der Waals surface area contributed by atoms with E-state index in [0.717, 1.165) is 28.0 Å². The first-order valence-electron chi connectivity index (χ1n) is 7.44. The molecule has 0 amide bonds. The van der Waals surface area contributed by atoms with Gasteiger partial charge in [0.1, 0.15) is 12.4 Å². The summed E-state index contributed by atoms with van der Waals surface area (Å²) in [5.41, 5.74) is 1.61. The quantitative estimate of drug-likeness (QED) is 0.653. The second-order valence-corrected chi connectivity index (χ2v) is 5.66. The molecular formula is C20H15ClO3. The molecule has 0 aliphatic rings. The minimum Gasteiger partial charge on any atom is -0.488 e. The maximum Gasteiger partial charge on any atom is 0.328 e. The molecule has 0 radical (unpaired) electrons. The van der Waals surface area contributed by atoms with Gasteiger partial charge in [0, 0.05) is 22.2 Å². The number of fused-ring (bicyclic) bond motifs is 1. The van der Waals surface area contributed by atoms with Crippen molar-refractivity contribution >= 4 is 34.4 Å². The van der Waals surface area contributed by atoms with Gasteiger partial charge in [-0.2, -0.15) is 0 Å². The molecule has 24 heavy (non-hydrogen) atoms. The van der Waals surface area contributed by atoms with Gasteiger partial charge in [0.05, 0.1) is 0 Å². The topological polar surface area (TPSA) is 46.5 Å². The molecule has 120 valence electrons. The van der Waals surface area contributed by atoms with Crippen molar-refractivity contribution in [1.82, 2.24) is 0 Å². The van der Waals surface area contributed by atoms with Gasteiger partial charge in [-0.1, -0.05) is 60.1 Å². The van der Waals surface area contributed by atoms with E-state index in [1.807, 2.05) is 60.7 Å². The molecule has 3 rings (SSSR count). The fourth-order valence-electron chi connectivity index (χ4n) is 2.50. The van der Waals surface area contributed by atoms with Gasteiger partial charge in [-0.25, -0.2) is 4.79 Å². The standard InChI is InChI=1S/C20H15ClO3/c21-18-8-4-2-6-15(18)13-24-19-11-9-14-5-1-3-7-16(14)17(19)10-12-20(22)23/h1-12H,13H2,(H,22,23). The first-order valence-corrected chi connectivity index (χ1v) is 7.82. The number of benzene rings is 3. The van der Waals surface area contributed by atoms with E-state index in [9.17, 15) is 4.79 Å². The summed E-state index contributed by atoms with van der Waals surface area (Å²) in [5, 5.41) is 11.5. The van der Waals surface area contributed by atoms with Crippen LogP contribution in [0.5, 0.6) is 5.75 Å². The number of hydrogen-bond acceptors (Lipinski definition) is 2. The molecule has 0 aromatic heterocycles. The van der Waals surface area contributed by atoms with Crippen LogP contribution in [0.15, 0.2) is 66.7 Å². The van der Waals surface area contributed by atoms with Gasteiger partial charge in [-0.15, -0.1) is 0 Å². The lowest BCUT2D eigenvalue weighted by molar-refractivity contribution is -0.131. The molecule has 1 N–H and O–H groups in total. The van der Waals surface area contributed by atoms with Crippen molar-refractivity contribution in [3.8, 4) is 5.75 Å². The van der Waals surface area contributed by atoms with Gasteiger partial charge in [-0.05, 0) is 29.0 Å². The van der Waals surface area contributed by atoms with Gasteiger partial charge < -0.3 is 9.84 Å². The molecule has 0 spiro atoms. The van der Waals surface area contributed by atoms with E-state index in [-0.39, 0.29) is 0 Å². The molecular weight excluding hydrogens is 324 g/mol. The highest BCUT2D eigenvalue weighted by atomic mass is 35.5. The van der Waals surface area contributed by atoms with Crippen LogP contribution >= 0.6 is 11.6 Å². The highest BCUT2D eigenvalue weighted by molar-refractivity contribution is 6.31. The minimum atomic E-state index is -1.00. The Morgan fingerprint density at radius 2 is 1.79 bits per heavy atom. The van der Waals surface area contributed by atoms with Crippen LogP contribution in [0, 0.1) is 0 Å². The largest absolute Gasteiger partial charge is 0.488 e. The number of rotatable bonds is 5. The van der Waals surface area contributed by atoms with Crippen LogP contribution in [0.25, 0.3) is 16.8 Å². The molecule has 0 heterocycles. The number of hydrogen-bond donors (Lipinski definition) is 1. The molecule has 0 atom stereocenters. The molecule has 3 aromatic rings. The average Bonchev–Trinajstić information content (AvgIpc) is 2.59. The number of ether oxygens (including phenoxy) is 1. The van der Waals surface area contributed by atoms with Gasteiger partial charge in [0.25, 0.3) is 0 Å². The second kappa shape index (κ2) is 7.20. The summed E-state index contributed by atoms with van der Waals surface area (Å²) in [5.74, 6) is -0.383. The third-order valence-electron chi connectivity index (χ3n) is 3.66. The zero-order chi connectivity index (χ0) is 16.9. The lowest BCUT2D eigenvalue weighted by atomic mass is 10.0. The van der Waals surface area contributed by atoms with Crippen LogP contribution in [0.4, 0.5) is 0 Å². The number of aliphatic carboxylic acids is 1. The summed E-state index contributed by atoms with van der Waals surface area (Å²) in [6.07, 6.45) is 2.68. The predicted octanol–water partition coefficient (Wildman–Crippen LogP) is 5.17. The Labute approximate surface area is 144 Å². The van der Waals surface area contributed by atoms with Gasteiger partial charge in [0.2, 0.25) is 0 Å². The predicted molar refractivity (Wildman–Crippen MR) is 96.4 cm³/mol. The Kier molecular flexibility index (Phi) is 4.82. The number of carbonyl (C=O) groups is 1. The monoisotopic (exact) mass is 338 g/mol. The van der Waals surface area contributed by atoms with Crippen molar-refractivity contribution in [2.24, 2.45) is 0 Å². The number of halogens is 1. The van der Waals surface area contributed by atoms with Crippen LogP contribution in [0.1, 0.15) is 11.1 Å². The summed E-state index contributed by atoms with van der Waals surface area (Å²) >= 11 is 6.16. The Balaban J connectivity index is 1.99. The maximum absolute atomic E-state index is 10.9. The lowest BCUT2D eigenvalue weighted by Gasteiger charge is -2.12. The third-order valence-corrected chi connectivity index (χ3v) is 4.03. The summed E-state index contributed by atoms with van der Waals surface area (Å²) in [6, 6.07) is 19.1. The van der Waals surface area contributed by atoms with Crippen molar-refractivity contribution in [2.45, 2.75) is 6.61 Å². The van der Waals surface area contributed by atoms with Crippen molar-refractivity contribution in [3.05, 3.63) is 82.9 Å². The highest BCUT2D eigenvalue weighted by Gasteiger charge is 2.08. The number of carboxylic acids is 1. The Hall–Kier alpha value is -2.78. The molecule has 0 aliphatic heterocycles. The van der Waals surface area contributed by atoms with E-state index in [2.05, 4.69) is 0 Å².